The zero-order valence-electron chi connectivity index (χ0n) is 18.5. The smallest absolute Gasteiger partial charge is 0.225 e. The minimum absolute atomic E-state index is 0. The van der Waals surface area contributed by atoms with Gasteiger partial charge >= 0.3 is 0 Å². The largest absolute Gasteiger partial charge is 0.381 e. The molecule has 2 saturated heterocycles. The molecule has 0 unspecified atom stereocenters. The number of hydrogen-bond donors (Lipinski definition) is 1. The molecule has 1 aromatic heterocycles. The summed E-state index contributed by atoms with van der Waals surface area (Å²) in [4.78, 5) is 18.5. The van der Waals surface area contributed by atoms with E-state index in [9.17, 15) is 0 Å². The summed E-state index contributed by atoms with van der Waals surface area (Å²) >= 11 is 6.32. The van der Waals surface area contributed by atoms with Crippen molar-refractivity contribution in [3.63, 3.8) is 0 Å². The molecule has 2 fully saturated rings. The van der Waals surface area contributed by atoms with Gasteiger partial charge in [0.05, 0.1) is 6.54 Å². The van der Waals surface area contributed by atoms with Crippen molar-refractivity contribution < 1.29 is 4.74 Å². The van der Waals surface area contributed by atoms with Crippen molar-refractivity contribution in [2.24, 2.45) is 4.99 Å². The first-order valence-corrected chi connectivity index (χ1v) is 11.5. The van der Waals surface area contributed by atoms with Crippen LogP contribution in [0.3, 0.4) is 0 Å². The van der Waals surface area contributed by atoms with E-state index in [1.807, 2.05) is 18.2 Å². The van der Waals surface area contributed by atoms with Crippen LogP contribution >= 0.6 is 35.6 Å². The number of ether oxygens (including phenoxy) is 1. The van der Waals surface area contributed by atoms with E-state index in [2.05, 4.69) is 44.1 Å². The van der Waals surface area contributed by atoms with E-state index in [0.717, 1.165) is 82.3 Å². The Morgan fingerprint density at radius 1 is 1.12 bits per heavy atom. The first kappa shape index (κ1) is 25.0. The van der Waals surface area contributed by atoms with Crippen LogP contribution < -0.4 is 10.2 Å². The van der Waals surface area contributed by atoms with Crippen LogP contribution in [-0.4, -0.2) is 73.3 Å². The molecule has 0 aliphatic carbocycles. The van der Waals surface area contributed by atoms with Crippen LogP contribution in [0.25, 0.3) is 0 Å². The molecule has 0 amide bonds. The lowest BCUT2D eigenvalue weighted by molar-refractivity contribution is 0.0530. The maximum atomic E-state index is 6.32. The number of halogens is 2. The summed E-state index contributed by atoms with van der Waals surface area (Å²) in [6.45, 7) is 8.72. The Morgan fingerprint density at radius 2 is 1.84 bits per heavy atom. The Morgan fingerprint density at radius 3 is 2.50 bits per heavy atom. The normalized spacial score (nSPS) is 18.8. The fraction of sp³-hybridized carbons (Fsp3) is 0.522. The quantitative estimate of drug-likeness (QED) is 0.337. The number of benzene rings is 1. The summed E-state index contributed by atoms with van der Waals surface area (Å²) < 4.78 is 5.68. The molecule has 174 valence electrons. The number of nitrogens with zero attached hydrogens (tertiary/aromatic N) is 5. The number of hydrogen-bond acceptors (Lipinski definition) is 5. The van der Waals surface area contributed by atoms with Crippen molar-refractivity contribution in [3.05, 3.63) is 53.3 Å². The molecule has 0 radical (unpaired) electrons. The highest BCUT2D eigenvalue weighted by Gasteiger charge is 2.35. The lowest BCUT2D eigenvalue weighted by Gasteiger charge is -2.39. The second-order valence-corrected chi connectivity index (χ2v) is 8.53. The summed E-state index contributed by atoms with van der Waals surface area (Å²) in [5.74, 6) is 1.77. The Kier molecular flexibility index (Phi) is 9.36. The van der Waals surface area contributed by atoms with Crippen molar-refractivity contribution in [1.82, 2.24) is 20.2 Å². The number of nitrogens with one attached hydrogen (secondary N) is 1. The lowest BCUT2D eigenvalue weighted by atomic mass is 9.74. The van der Waals surface area contributed by atoms with Crippen molar-refractivity contribution in [2.45, 2.75) is 25.2 Å². The van der Waals surface area contributed by atoms with E-state index >= 15 is 0 Å². The predicted octanol–water partition coefficient (Wildman–Crippen LogP) is 3.58. The minimum atomic E-state index is -0.0382. The van der Waals surface area contributed by atoms with Crippen molar-refractivity contribution >= 4 is 47.5 Å². The third kappa shape index (κ3) is 6.02. The SMILES string of the molecule is CCNC(=NCC1(c2cccc(Cl)c2)CCOCC1)N1CCN(c2ncccn2)CC1.I. The molecule has 0 atom stereocenters. The highest BCUT2D eigenvalue weighted by Crippen LogP contribution is 2.36. The van der Waals surface area contributed by atoms with Crippen LogP contribution in [0.4, 0.5) is 5.95 Å². The van der Waals surface area contributed by atoms with Crippen LogP contribution in [0.5, 0.6) is 0 Å². The van der Waals surface area contributed by atoms with Gasteiger partial charge in [-0.1, -0.05) is 23.7 Å². The number of anilines is 1. The van der Waals surface area contributed by atoms with Crippen LogP contribution in [0, 0.1) is 0 Å². The molecule has 2 aliphatic rings. The first-order chi connectivity index (χ1) is 15.2. The molecule has 1 aromatic carbocycles. The number of piperazine rings is 1. The Bertz CT molecular complexity index is 870. The summed E-state index contributed by atoms with van der Waals surface area (Å²) in [5.41, 5.74) is 1.22. The minimum Gasteiger partial charge on any atom is -0.381 e. The molecule has 2 aliphatic heterocycles. The number of aromatic nitrogens is 2. The Hall–Kier alpha value is -1.65. The van der Waals surface area contributed by atoms with Gasteiger partial charge in [-0.2, -0.15) is 0 Å². The summed E-state index contributed by atoms with van der Waals surface area (Å²) in [6.07, 6.45) is 5.50. The molecule has 1 N–H and O–H groups in total. The second-order valence-electron chi connectivity index (χ2n) is 8.10. The second kappa shape index (κ2) is 12.0. The van der Waals surface area contributed by atoms with Crippen LogP contribution in [0.15, 0.2) is 47.7 Å². The summed E-state index contributed by atoms with van der Waals surface area (Å²) in [7, 11) is 0. The maximum Gasteiger partial charge on any atom is 0.225 e. The molecule has 32 heavy (non-hydrogen) atoms. The van der Waals surface area contributed by atoms with E-state index < -0.39 is 0 Å². The summed E-state index contributed by atoms with van der Waals surface area (Å²) in [6, 6.07) is 10.1. The molecule has 0 saturated carbocycles. The topological polar surface area (TPSA) is 65.9 Å². The molecule has 3 heterocycles. The molecule has 0 spiro atoms. The molecule has 9 heteroatoms. The maximum absolute atomic E-state index is 6.32. The average Bonchev–Trinajstić information content (AvgIpc) is 2.83. The first-order valence-electron chi connectivity index (χ1n) is 11.1. The predicted molar refractivity (Wildman–Crippen MR) is 140 cm³/mol. The number of rotatable bonds is 5. The monoisotopic (exact) mass is 570 g/mol. The number of aliphatic imine (C=N–C) groups is 1. The van der Waals surface area contributed by atoms with Gasteiger partial charge in [0.1, 0.15) is 0 Å². The summed E-state index contributed by atoms with van der Waals surface area (Å²) in [5, 5.41) is 4.27. The molecule has 7 nitrogen and oxygen atoms in total. The third-order valence-corrected chi connectivity index (χ3v) is 6.40. The lowest BCUT2D eigenvalue weighted by Crippen LogP contribution is -2.53. The Balaban J connectivity index is 0.00000289. The molecule has 4 rings (SSSR count). The van der Waals surface area contributed by atoms with Gasteiger partial charge in [-0.15, -0.1) is 24.0 Å². The van der Waals surface area contributed by atoms with Gasteiger partial charge in [0, 0.05) is 68.8 Å². The fourth-order valence-electron chi connectivity index (χ4n) is 4.34. The van der Waals surface area contributed by atoms with Crippen molar-refractivity contribution in [3.8, 4) is 0 Å². The molecule has 2 aromatic rings. The highest BCUT2D eigenvalue weighted by molar-refractivity contribution is 14.0. The van der Waals surface area contributed by atoms with Crippen LogP contribution in [0.1, 0.15) is 25.3 Å². The zero-order valence-corrected chi connectivity index (χ0v) is 21.6. The number of guanidine groups is 1. The van der Waals surface area contributed by atoms with E-state index in [1.165, 1.54) is 5.56 Å². The molecule has 0 bridgehead atoms. The van der Waals surface area contributed by atoms with E-state index in [4.69, 9.17) is 21.3 Å². The van der Waals surface area contributed by atoms with Gasteiger partial charge in [0.25, 0.3) is 0 Å². The van der Waals surface area contributed by atoms with Gasteiger partial charge in [-0.3, -0.25) is 4.99 Å². The fourth-order valence-corrected chi connectivity index (χ4v) is 4.53. The zero-order chi connectivity index (χ0) is 21.5. The molecular weight excluding hydrogens is 539 g/mol. The highest BCUT2D eigenvalue weighted by atomic mass is 127. The van der Waals surface area contributed by atoms with Gasteiger partial charge in [0.2, 0.25) is 5.95 Å². The van der Waals surface area contributed by atoms with E-state index in [-0.39, 0.29) is 29.4 Å². The van der Waals surface area contributed by atoms with Gasteiger partial charge in [-0.05, 0) is 43.5 Å². The van der Waals surface area contributed by atoms with Crippen LogP contribution in [0.2, 0.25) is 5.02 Å². The standard InChI is InChI=1S/C23H31ClN6O.HI/c1-2-25-21(29-11-13-30(14-12-29)22-26-9-4-10-27-22)28-18-23(7-15-31-16-8-23)19-5-3-6-20(24)17-19;/h3-6,9-10,17H,2,7-8,11-16,18H2,1H3,(H,25,28);1H. The third-order valence-electron chi connectivity index (χ3n) is 6.17. The average molecular weight is 571 g/mol. The van der Waals surface area contributed by atoms with Crippen molar-refractivity contribution in [2.75, 3.05) is 57.4 Å². The molecular formula is C23H32ClIN6O. The van der Waals surface area contributed by atoms with E-state index in [0.29, 0.717) is 0 Å². The Labute approximate surface area is 212 Å². The van der Waals surface area contributed by atoms with Gasteiger partial charge < -0.3 is 19.9 Å². The van der Waals surface area contributed by atoms with Gasteiger partial charge in [0.15, 0.2) is 5.96 Å². The van der Waals surface area contributed by atoms with Crippen LogP contribution in [-0.2, 0) is 10.2 Å². The van der Waals surface area contributed by atoms with E-state index in [1.54, 1.807) is 12.4 Å². The van der Waals surface area contributed by atoms with Crippen molar-refractivity contribution in [1.29, 1.82) is 0 Å². The van der Waals surface area contributed by atoms with Gasteiger partial charge in [-0.25, -0.2) is 9.97 Å².